The lowest BCUT2D eigenvalue weighted by Gasteiger charge is -1.93. The van der Waals surface area contributed by atoms with Gasteiger partial charge in [0.1, 0.15) is 12.2 Å². The number of aliphatic hydroxyl groups excluding tert-OH is 1. The zero-order chi connectivity index (χ0) is 11.4. The average molecular weight is 236 g/mol. The maximum Gasteiger partial charge on any atom is 0.138 e. The van der Waals surface area contributed by atoms with Crippen LogP contribution in [0.2, 0.25) is 0 Å². The summed E-state index contributed by atoms with van der Waals surface area (Å²) in [6.45, 7) is -0.298. The number of rotatable bonds is 3. The molecule has 3 nitrogen and oxygen atoms in total. The predicted molar refractivity (Wildman–Crippen MR) is 61.5 cm³/mol. The molecule has 0 fully saturated rings. The van der Waals surface area contributed by atoms with Crippen LogP contribution in [0.25, 0.3) is 17.0 Å². The van der Waals surface area contributed by atoms with Crippen LogP contribution in [0.4, 0.5) is 4.39 Å². The van der Waals surface area contributed by atoms with E-state index < -0.39 is 5.83 Å². The fourth-order valence-corrected chi connectivity index (χ4v) is 2.09. The first-order valence-electron chi connectivity index (χ1n) is 4.62. The minimum absolute atomic E-state index is 0.298. The van der Waals surface area contributed by atoms with E-state index in [1.807, 2.05) is 5.38 Å². The van der Waals surface area contributed by atoms with Crippen LogP contribution in [0.1, 0.15) is 4.88 Å². The van der Waals surface area contributed by atoms with E-state index >= 15 is 0 Å². The van der Waals surface area contributed by atoms with Gasteiger partial charge in [0, 0.05) is 18.0 Å². The molecule has 0 aliphatic rings. The third-order valence-electron chi connectivity index (χ3n) is 2.00. The first-order chi connectivity index (χ1) is 7.81. The largest absolute Gasteiger partial charge is 0.392 e. The summed E-state index contributed by atoms with van der Waals surface area (Å²) in [4.78, 5) is 8.29. The van der Waals surface area contributed by atoms with Gasteiger partial charge in [0.2, 0.25) is 0 Å². The predicted octanol–water partition coefficient (Wildman–Crippen LogP) is 2.51. The van der Waals surface area contributed by atoms with Crippen LogP contribution in [-0.4, -0.2) is 21.7 Å². The highest BCUT2D eigenvalue weighted by atomic mass is 32.1. The van der Waals surface area contributed by atoms with Crippen molar-refractivity contribution >= 4 is 17.2 Å². The molecule has 1 N–H and O–H groups in total. The Kier molecular flexibility index (Phi) is 3.38. The maximum atomic E-state index is 13.3. The summed E-state index contributed by atoms with van der Waals surface area (Å²) in [5, 5.41) is 10.4. The maximum absolute atomic E-state index is 13.3. The first kappa shape index (κ1) is 10.9. The van der Waals surface area contributed by atoms with E-state index in [1.54, 1.807) is 18.5 Å². The van der Waals surface area contributed by atoms with E-state index in [0.717, 1.165) is 17.2 Å². The molecule has 0 amide bonds. The van der Waals surface area contributed by atoms with Crippen LogP contribution >= 0.6 is 11.3 Å². The molecule has 2 rings (SSSR count). The van der Waals surface area contributed by atoms with Crippen molar-refractivity contribution in [2.75, 3.05) is 6.61 Å². The molecule has 0 aromatic carbocycles. The number of hydrogen-bond acceptors (Lipinski definition) is 4. The van der Waals surface area contributed by atoms with Gasteiger partial charge in [-0.15, -0.1) is 11.3 Å². The van der Waals surface area contributed by atoms with Gasteiger partial charge >= 0.3 is 0 Å². The van der Waals surface area contributed by atoms with Crippen molar-refractivity contribution in [2.24, 2.45) is 0 Å². The van der Waals surface area contributed by atoms with Crippen molar-refractivity contribution in [3.63, 3.8) is 0 Å². The molecule has 2 heterocycles. The summed E-state index contributed by atoms with van der Waals surface area (Å²) in [7, 11) is 0. The number of nitrogens with zero attached hydrogens (tertiary/aromatic N) is 2. The van der Waals surface area contributed by atoms with Gasteiger partial charge < -0.3 is 5.11 Å². The third kappa shape index (κ3) is 2.32. The Hall–Kier alpha value is -1.59. The zero-order valence-electron chi connectivity index (χ0n) is 8.30. The lowest BCUT2D eigenvalue weighted by Crippen LogP contribution is -1.79. The van der Waals surface area contributed by atoms with E-state index in [4.69, 9.17) is 5.11 Å². The van der Waals surface area contributed by atoms with Gasteiger partial charge in [-0.25, -0.2) is 14.4 Å². The number of thiophene rings is 1. The molecule has 0 aliphatic heterocycles. The second-order valence-corrected chi connectivity index (χ2v) is 3.97. The van der Waals surface area contributed by atoms with Crippen molar-refractivity contribution < 1.29 is 9.50 Å². The highest BCUT2D eigenvalue weighted by Gasteiger charge is 2.06. The summed E-state index contributed by atoms with van der Waals surface area (Å²) in [5.41, 5.74) is 1.73. The van der Waals surface area contributed by atoms with E-state index in [2.05, 4.69) is 9.97 Å². The Balaban J connectivity index is 2.30. The molecule has 16 heavy (non-hydrogen) atoms. The van der Waals surface area contributed by atoms with Crippen molar-refractivity contribution in [2.45, 2.75) is 0 Å². The minimum Gasteiger partial charge on any atom is -0.392 e. The quantitative estimate of drug-likeness (QED) is 0.890. The molecular formula is C11H9FN2OS. The molecule has 0 bridgehead atoms. The van der Waals surface area contributed by atoms with Gasteiger partial charge in [0.15, 0.2) is 0 Å². The molecule has 0 saturated carbocycles. The van der Waals surface area contributed by atoms with E-state index in [9.17, 15) is 4.39 Å². The van der Waals surface area contributed by atoms with Gasteiger partial charge in [0.25, 0.3) is 0 Å². The summed E-state index contributed by atoms with van der Waals surface area (Å²) < 4.78 is 13.3. The molecule has 0 saturated heterocycles. The molecule has 0 spiro atoms. The molecular weight excluding hydrogens is 227 g/mol. The van der Waals surface area contributed by atoms with Crippen molar-refractivity contribution in [1.29, 1.82) is 0 Å². The molecule has 82 valence electrons. The Labute approximate surface area is 95.9 Å². The fourth-order valence-electron chi connectivity index (χ4n) is 1.24. The first-order valence-corrected chi connectivity index (χ1v) is 5.50. The number of aromatic nitrogens is 2. The summed E-state index contributed by atoms with van der Waals surface area (Å²) in [5.74, 6) is -0.407. The normalized spacial score (nSPS) is 11.8. The average Bonchev–Trinajstić information content (AvgIpc) is 2.80. The van der Waals surface area contributed by atoms with Gasteiger partial charge in [-0.2, -0.15) is 0 Å². The minimum atomic E-state index is -0.407. The van der Waals surface area contributed by atoms with E-state index in [0.29, 0.717) is 4.88 Å². The molecule has 0 aliphatic carbocycles. The Morgan fingerprint density at radius 1 is 1.38 bits per heavy atom. The van der Waals surface area contributed by atoms with Gasteiger partial charge in [0.05, 0.1) is 11.5 Å². The SMILES string of the molecule is OC/C=C(/F)c1cc(-c2cncnc2)cs1. The molecule has 0 atom stereocenters. The van der Waals surface area contributed by atoms with Crippen LogP contribution < -0.4 is 0 Å². The van der Waals surface area contributed by atoms with E-state index in [-0.39, 0.29) is 6.61 Å². The van der Waals surface area contributed by atoms with Crippen molar-refractivity contribution in [3.8, 4) is 11.1 Å². The fraction of sp³-hybridized carbons (Fsp3) is 0.0909. The highest BCUT2D eigenvalue weighted by molar-refractivity contribution is 7.11. The van der Waals surface area contributed by atoms with Crippen molar-refractivity contribution in [1.82, 2.24) is 9.97 Å². The van der Waals surface area contributed by atoms with Gasteiger partial charge in [-0.3, -0.25) is 0 Å². The Morgan fingerprint density at radius 3 is 2.81 bits per heavy atom. The smallest absolute Gasteiger partial charge is 0.138 e. The monoisotopic (exact) mass is 236 g/mol. The highest BCUT2D eigenvalue weighted by Crippen LogP contribution is 2.29. The second kappa shape index (κ2) is 4.96. The number of hydrogen-bond donors (Lipinski definition) is 1. The van der Waals surface area contributed by atoms with Crippen LogP contribution in [0.15, 0.2) is 36.2 Å². The van der Waals surface area contributed by atoms with Crippen LogP contribution in [0.3, 0.4) is 0 Å². The molecule has 2 aromatic rings. The lowest BCUT2D eigenvalue weighted by molar-refractivity contribution is 0.342. The topological polar surface area (TPSA) is 46.0 Å². The van der Waals surface area contributed by atoms with Crippen molar-refractivity contribution in [3.05, 3.63) is 41.1 Å². The molecule has 5 heteroatoms. The van der Waals surface area contributed by atoms with Crippen LogP contribution in [-0.2, 0) is 0 Å². The van der Waals surface area contributed by atoms with Crippen LogP contribution in [0, 0.1) is 0 Å². The molecule has 0 radical (unpaired) electrons. The summed E-state index contributed by atoms with van der Waals surface area (Å²) in [6, 6.07) is 1.71. The zero-order valence-corrected chi connectivity index (χ0v) is 9.12. The second-order valence-electron chi connectivity index (χ2n) is 3.06. The standard InChI is InChI=1S/C11H9FN2OS/c12-10(1-2-15)11-3-8(6-16-11)9-4-13-7-14-5-9/h1,3-7,15H,2H2/b10-1+. The van der Waals surface area contributed by atoms with Gasteiger partial charge in [-0.1, -0.05) is 0 Å². The van der Waals surface area contributed by atoms with E-state index in [1.165, 1.54) is 17.7 Å². The molecule has 2 aromatic heterocycles. The van der Waals surface area contributed by atoms with Crippen LogP contribution in [0.5, 0.6) is 0 Å². The summed E-state index contributed by atoms with van der Waals surface area (Å²) in [6.07, 6.45) is 5.93. The molecule has 0 unspecified atom stereocenters. The number of aliphatic hydroxyl groups is 1. The number of halogens is 1. The lowest BCUT2D eigenvalue weighted by atomic mass is 10.2. The van der Waals surface area contributed by atoms with Gasteiger partial charge in [-0.05, 0) is 23.1 Å². The Morgan fingerprint density at radius 2 is 2.12 bits per heavy atom. The third-order valence-corrected chi connectivity index (χ3v) is 2.94. The summed E-state index contributed by atoms with van der Waals surface area (Å²) >= 11 is 1.28. The Bertz CT molecular complexity index is 496.